The van der Waals surface area contributed by atoms with Crippen LogP contribution in [0.15, 0.2) is 30.3 Å². The molecule has 0 fully saturated rings. The molecule has 0 heterocycles. The van der Waals surface area contributed by atoms with Crippen LogP contribution in [0.4, 0.5) is 0 Å². The minimum atomic E-state index is -0.703. The van der Waals surface area contributed by atoms with Crippen LogP contribution in [0.25, 0.3) is 0 Å². The highest BCUT2D eigenvalue weighted by molar-refractivity contribution is 5.13. The van der Waals surface area contributed by atoms with Crippen molar-refractivity contribution in [3.63, 3.8) is 0 Å². The van der Waals surface area contributed by atoms with Crippen LogP contribution in [0.3, 0.4) is 0 Å². The van der Waals surface area contributed by atoms with Gasteiger partial charge < -0.3 is 9.84 Å². The number of hydrogen-bond acceptors (Lipinski definition) is 5. The predicted octanol–water partition coefficient (Wildman–Crippen LogP) is 0.913. The molecule has 1 N–H and O–H groups in total. The number of rotatable bonds is 8. The van der Waals surface area contributed by atoms with Crippen LogP contribution in [0.5, 0.6) is 0 Å². The summed E-state index contributed by atoms with van der Waals surface area (Å²) in [5, 5.41) is 26.9. The lowest BCUT2D eigenvalue weighted by molar-refractivity contribution is 0.0136. The van der Waals surface area contributed by atoms with Crippen molar-refractivity contribution in [3.8, 4) is 12.1 Å². The molecule has 1 atom stereocenters. The lowest BCUT2D eigenvalue weighted by atomic mass is 10.2. The number of aliphatic hydroxyl groups is 1. The van der Waals surface area contributed by atoms with Gasteiger partial charge in [0, 0.05) is 6.54 Å². The maximum absolute atomic E-state index is 9.77. The molecular formula is C14H17N3O2. The molecule has 0 aliphatic carbocycles. The molecule has 0 aromatic heterocycles. The monoisotopic (exact) mass is 259 g/mol. The average molecular weight is 259 g/mol. The van der Waals surface area contributed by atoms with E-state index in [0.717, 1.165) is 5.56 Å². The molecule has 0 bridgehead atoms. The second-order valence-electron chi connectivity index (χ2n) is 4.14. The lowest BCUT2D eigenvalue weighted by Crippen LogP contribution is -2.35. The van der Waals surface area contributed by atoms with Crippen LogP contribution in [0, 0.1) is 22.7 Å². The molecule has 0 aliphatic heterocycles. The van der Waals surface area contributed by atoms with Crippen molar-refractivity contribution < 1.29 is 9.84 Å². The fourth-order valence-electron chi connectivity index (χ4n) is 1.62. The van der Waals surface area contributed by atoms with Crippen molar-refractivity contribution in [1.29, 1.82) is 10.5 Å². The van der Waals surface area contributed by atoms with Crippen LogP contribution in [0.2, 0.25) is 0 Å². The zero-order valence-electron chi connectivity index (χ0n) is 10.7. The Labute approximate surface area is 113 Å². The van der Waals surface area contributed by atoms with E-state index in [1.54, 1.807) is 4.90 Å². The number of ether oxygens (including phenoxy) is 1. The Morgan fingerprint density at radius 1 is 1.16 bits per heavy atom. The van der Waals surface area contributed by atoms with Gasteiger partial charge in [-0.05, 0) is 5.56 Å². The Morgan fingerprint density at radius 2 is 1.79 bits per heavy atom. The molecule has 0 radical (unpaired) electrons. The van der Waals surface area contributed by atoms with Crippen LogP contribution in [0.1, 0.15) is 5.56 Å². The van der Waals surface area contributed by atoms with Gasteiger partial charge in [-0.25, -0.2) is 0 Å². The molecule has 1 aromatic carbocycles. The molecule has 5 nitrogen and oxygen atoms in total. The number of hydrogen-bond donors (Lipinski definition) is 1. The Bertz CT molecular complexity index is 420. The van der Waals surface area contributed by atoms with E-state index in [2.05, 4.69) is 0 Å². The van der Waals surface area contributed by atoms with Crippen LogP contribution in [-0.2, 0) is 11.3 Å². The quantitative estimate of drug-likeness (QED) is 0.702. The van der Waals surface area contributed by atoms with Crippen molar-refractivity contribution in [2.45, 2.75) is 12.7 Å². The van der Waals surface area contributed by atoms with Crippen molar-refractivity contribution >= 4 is 0 Å². The van der Waals surface area contributed by atoms with Gasteiger partial charge in [-0.2, -0.15) is 10.5 Å². The summed E-state index contributed by atoms with van der Waals surface area (Å²) in [5.41, 5.74) is 1.04. The molecule has 0 saturated carbocycles. The van der Waals surface area contributed by atoms with Crippen LogP contribution >= 0.6 is 0 Å². The Kier molecular flexibility index (Phi) is 7.23. The highest BCUT2D eigenvalue weighted by Gasteiger charge is 2.11. The van der Waals surface area contributed by atoms with E-state index in [0.29, 0.717) is 6.61 Å². The van der Waals surface area contributed by atoms with Gasteiger partial charge in [0.05, 0.1) is 44.5 Å². The predicted molar refractivity (Wildman–Crippen MR) is 69.8 cm³/mol. The molecule has 19 heavy (non-hydrogen) atoms. The summed E-state index contributed by atoms with van der Waals surface area (Å²) in [6.45, 7) is 1.14. The molecule has 0 aliphatic rings. The number of nitrogens with zero attached hydrogens (tertiary/aromatic N) is 3. The molecule has 0 spiro atoms. The minimum Gasteiger partial charge on any atom is -0.389 e. The second kappa shape index (κ2) is 9.07. The van der Waals surface area contributed by atoms with Gasteiger partial charge in [-0.15, -0.1) is 0 Å². The first-order chi connectivity index (χ1) is 9.26. The summed E-state index contributed by atoms with van der Waals surface area (Å²) in [5.74, 6) is 0. The van der Waals surface area contributed by atoms with Crippen molar-refractivity contribution in [2.75, 3.05) is 26.2 Å². The first-order valence-corrected chi connectivity index (χ1v) is 6.02. The van der Waals surface area contributed by atoms with E-state index in [-0.39, 0.29) is 26.2 Å². The SMILES string of the molecule is N#CCN(CC#N)CC(O)COCc1ccccc1. The van der Waals surface area contributed by atoms with Gasteiger partial charge in [0.2, 0.25) is 0 Å². The first-order valence-electron chi connectivity index (χ1n) is 6.02. The molecular weight excluding hydrogens is 242 g/mol. The maximum Gasteiger partial charge on any atom is 0.0901 e. The Balaban J connectivity index is 2.25. The largest absolute Gasteiger partial charge is 0.389 e. The van der Waals surface area contributed by atoms with Gasteiger partial charge >= 0.3 is 0 Å². The molecule has 0 saturated heterocycles. The van der Waals surface area contributed by atoms with E-state index in [4.69, 9.17) is 15.3 Å². The van der Waals surface area contributed by atoms with E-state index in [1.165, 1.54) is 0 Å². The first kappa shape index (κ1) is 15.1. The molecule has 0 amide bonds. The van der Waals surface area contributed by atoms with Crippen LogP contribution in [-0.4, -0.2) is 42.4 Å². The number of aliphatic hydroxyl groups excluding tert-OH is 1. The molecule has 1 aromatic rings. The summed E-state index contributed by atoms with van der Waals surface area (Å²) in [4.78, 5) is 1.58. The number of benzene rings is 1. The average Bonchev–Trinajstić information content (AvgIpc) is 2.40. The molecule has 100 valence electrons. The third kappa shape index (κ3) is 6.54. The molecule has 1 unspecified atom stereocenters. The number of nitriles is 2. The fourth-order valence-corrected chi connectivity index (χ4v) is 1.62. The van der Waals surface area contributed by atoms with Gasteiger partial charge in [0.15, 0.2) is 0 Å². The van der Waals surface area contributed by atoms with E-state index in [1.807, 2.05) is 42.5 Å². The van der Waals surface area contributed by atoms with Gasteiger partial charge in [0.25, 0.3) is 0 Å². The standard InChI is InChI=1S/C14H17N3O2/c15-6-8-17(9-7-16)10-14(18)12-19-11-13-4-2-1-3-5-13/h1-5,14,18H,8-12H2. The third-order valence-electron chi connectivity index (χ3n) is 2.48. The maximum atomic E-state index is 9.77. The van der Waals surface area contributed by atoms with E-state index in [9.17, 15) is 5.11 Å². The summed E-state index contributed by atoms with van der Waals surface area (Å²) in [6, 6.07) is 13.6. The van der Waals surface area contributed by atoms with Gasteiger partial charge in [-0.3, -0.25) is 4.90 Å². The topological polar surface area (TPSA) is 80.3 Å². The third-order valence-corrected chi connectivity index (χ3v) is 2.48. The highest BCUT2D eigenvalue weighted by Crippen LogP contribution is 2.01. The lowest BCUT2D eigenvalue weighted by Gasteiger charge is -2.19. The van der Waals surface area contributed by atoms with E-state index >= 15 is 0 Å². The van der Waals surface area contributed by atoms with Crippen molar-refractivity contribution in [3.05, 3.63) is 35.9 Å². The summed E-state index contributed by atoms with van der Waals surface area (Å²) >= 11 is 0. The summed E-state index contributed by atoms with van der Waals surface area (Å²) in [7, 11) is 0. The zero-order valence-corrected chi connectivity index (χ0v) is 10.7. The summed E-state index contributed by atoms with van der Waals surface area (Å²) in [6.07, 6.45) is -0.703. The second-order valence-corrected chi connectivity index (χ2v) is 4.14. The van der Waals surface area contributed by atoms with E-state index < -0.39 is 6.10 Å². The van der Waals surface area contributed by atoms with Gasteiger partial charge in [0.1, 0.15) is 0 Å². The van der Waals surface area contributed by atoms with Crippen LogP contribution < -0.4 is 0 Å². The molecule has 1 rings (SSSR count). The normalized spacial score (nSPS) is 11.8. The molecule has 5 heteroatoms. The smallest absolute Gasteiger partial charge is 0.0901 e. The summed E-state index contributed by atoms with van der Waals surface area (Å²) < 4.78 is 5.40. The van der Waals surface area contributed by atoms with Crippen molar-refractivity contribution in [2.24, 2.45) is 0 Å². The Morgan fingerprint density at radius 3 is 2.37 bits per heavy atom. The minimum absolute atomic E-state index is 0.128. The zero-order chi connectivity index (χ0) is 13.9. The van der Waals surface area contributed by atoms with Gasteiger partial charge in [-0.1, -0.05) is 30.3 Å². The Hall–Kier alpha value is -1.92. The fraction of sp³-hybridized carbons (Fsp3) is 0.429. The highest BCUT2D eigenvalue weighted by atomic mass is 16.5. The van der Waals surface area contributed by atoms with Crippen molar-refractivity contribution in [1.82, 2.24) is 4.90 Å².